The third-order valence-electron chi connectivity index (χ3n) is 6.09. The number of fused-ring (bicyclic) bond motifs is 1. The fourth-order valence-electron chi connectivity index (χ4n) is 4.72. The van der Waals surface area contributed by atoms with Crippen LogP contribution in [0.25, 0.3) is 0 Å². The van der Waals surface area contributed by atoms with Gasteiger partial charge in [0.1, 0.15) is 5.76 Å². The number of carbonyl (C=O) groups excluding carboxylic acids is 2. The summed E-state index contributed by atoms with van der Waals surface area (Å²) in [7, 11) is 3.60. The molecular weight excluding hydrogens is 370 g/mol. The summed E-state index contributed by atoms with van der Waals surface area (Å²) < 4.78 is 5.56. The van der Waals surface area contributed by atoms with Crippen molar-refractivity contribution in [2.24, 2.45) is 11.3 Å². The number of amides is 2. The van der Waals surface area contributed by atoms with Crippen LogP contribution in [-0.4, -0.2) is 71.9 Å². The molecule has 2 amide bonds. The van der Waals surface area contributed by atoms with Gasteiger partial charge in [0.05, 0.1) is 5.41 Å². The van der Waals surface area contributed by atoms with E-state index >= 15 is 0 Å². The van der Waals surface area contributed by atoms with E-state index in [1.54, 1.807) is 49.6 Å². The molecule has 2 aliphatic rings. The maximum absolute atomic E-state index is 13.3. The van der Waals surface area contributed by atoms with E-state index in [0.717, 1.165) is 12.8 Å². The molecule has 4 heterocycles. The van der Waals surface area contributed by atoms with E-state index in [9.17, 15) is 9.59 Å². The lowest BCUT2D eigenvalue weighted by Crippen LogP contribution is -2.47. The second-order valence-electron chi connectivity index (χ2n) is 8.25. The van der Waals surface area contributed by atoms with Crippen molar-refractivity contribution in [3.63, 3.8) is 0 Å². The third kappa shape index (κ3) is 3.47. The van der Waals surface area contributed by atoms with E-state index in [1.807, 2.05) is 11.8 Å². The van der Waals surface area contributed by atoms with Crippen LogP contribution in [0.2, 0.25) is 0 Å². The molecule has 2 aromatic rings. The van der Waals surface area contributed by atoms with Gasteiger partial charge >= 0.3 is 0 Å². The summed E-state index contributed by atoms with van der Waals surface area (Å²) in [6.07, 6.45) is 4.93. The number of hydrogen-bond donors (Lipinski definition) is 0. The van der Waals surface area contributed by atoms with Crippen molar-refractivity contribution in [2.75, 3.05) is 45.2 Å². The van der Waals surface area contributed by atoms with E-state index in [1.165, 1.54) is 0 Å². The minimum absolute atomic E-state index is 0.00344. The van der Waals surface area contributed by atoms with Crippen LogP contribution in [0.5, 0.6) is 0 Å². The first kappa shape index (κ1) is 19.4. The average molecular weight is 397 g/mol. The Balaban J connectivity index is 1.64. The Morgan fingerprint density at radius 3 is 2.62 bits per heavy atom. The van der Waals surface area contributed by atoms with Gasteiger partial charge in [0.2, 0.25) is 11.9 Å². The second kappa shape index (κ2) is 7.50. The van der Waals surface area contributed by atoms with Crippen molar-refractivity contribution in [3.05, 3.63) is 42.1 Å². The number of nitrogens with zero attached hydrogens (tertiary/aromatic N) is 5. The monoisotopic (exact) mass is 397 g/mol. The minimum Gasteiger partial charge on any atom is -0.456 e. The fourth-order valence-corrected chi connectivity index (χ4v) is 4.72. The number of furan rings is 1. The molecule has 0 aliphatic carbocycles. The van der Waals surface area contributed by atoms with Crippen LogP contribution in [0, 0.1) is 18.3 Å². The smallest absolute Gasteiger partial charge is 0.289 e. The topological polar surface area (TPSA) is 82.8 Å². The zero-order valence-corrected chi connectivity index (χ0v) is 17.2. The number of carbonyl (C=O) groups is 2. The van der Waals surface area contributed by atoms with E-state index < -0.39 is 5.41 Å². The zero-order valence-electron chi connectivity index (χ0n) is 17.2. The van der Waals surface area contributed by atoms with Gasteiger partial charge in [-0.25, -0.2) is 9.97 Å². The molecule has 8 heteroatoms. The first-order valence-corrected chi connectivity index (χ1v) is 10.00. The van der Waals surface area contributed by atoms with Gasteiger partial charge in [0.25, 0.3) is 5.91 Å². The van der Waals surface area contributed by atoms with Gasteiger partial charge in [-0.05, 0) is 38.0 Å². The molecule has 0 unspecified atom stereocenters. The van der Waals surface area contributed by atoms with E-state index in [0.29, 0.717) is 43.6 Å². The highest BCUT2D eigenvalue weighted by Gasteiger charge is 2.54. The normalized spacial score (nSPS) is 24.2. The Morgan fingerprint density at radius 1 is 1.21 bits per heavy atom. The van der Waals surface area contributed by atoms with Crippen molar-refractivity contribution in [1.82, 2.24) is 19.8 Å². The molecular formula is C21H27N5O3. The maximum Gasteiger partial charge on any atom is 0.289 e. The van der Waals surface area contributed by atoms with Crippen molar-refractivity contribution < 1.29 is 14.0 Å². The lowest BCUT2D eigenvalue weighted by molar-refractivity contribution is -0.141. The van der Waals surface area contributed by atoms with Crippen LogP contribution < -0.4 is 4.90 Å². The largest absolute Gasteiger partial charge is 0.456 e. The lowest BCUT2D eigenvalue weighted by atomic mass is 9.74. The second-order valence-corrected chi connectivity index (χ2v) is 8.25. The lowest BCUT2D eigenvalue weighted by Gasteiger charge is -2.34. The van der Waals surface area contributed by atoms with Crippen LogP contribution >= 0.6 is 0 Å². The Labute approximate surface area is 170 Å². The van der Waals surface area contributed by atoms with Gasteiger partial charge in [0.15, 0.2) is 5.76 Å². The molecule has 2 atom stereocenters. The molecule has 2 saturated heterocycles. The third-order valence-corrected chi connectivity index (χ3v) is 6.09. The predicted molar refractivity (Wildman–Crippen MR) is 107 cm³/mol. The van der Waals surface area contributed by atoms with Crippen LogP contribution in [0.15, 0.2) is 35.0 Å². The van der Waals surface area contributed by atoms with Crippen molar-refractivity contribution in [2.45, 2.75) is 19.8 Å². The van der Waals surface area contributed by atoms with Gasteiger partial charge in [-0.15, -0.1) is 0 Å². The van der Waals surface area contributed by atoms with Gasteiger partial charge in [-0.2, -0.15) is 0 Å². The predicted octanol–water partition coefficient (Wildman–Crippen LogP) is 1.83. The number of aryl methyl sites for hydroxylation is 1. The number of anilines is 1. The number of rotatable bonds is 3. The molecule has 0 spiro atoms. The zero-order chi connectivity index (χ0) is 20.6. The molecule has 4 rings (SSSR count). The van der Waals surface area contributed by atoms with Gasteiger partial charge < -0.3 is 19.1 Å². The van der Waals surface area contributed by atoms with Crippen molar-refractivity contribution in [1.29, 1.82) is 0 Å². The molecule has 0 N–H and O–H groups in total. The summed E-state index contributed by atoms with van der Waals surface area (Å²) in [6, 6.07) is 5.30. The molecule has 0 aromatic carbocycles. The Kier molecular flexibility index (Phi) is 5.02. The van der Waals surface area contributed by atoms with Crippen LogP contribution in [-0.2, 0) is 4.79 Å². The summed E-state index contributed by atoms with van der Waals surface area (Å²) in [5.74, 6) is 1.71. The molecule has 0 radical (unpaired) electrons. The van der Waals surface area contributed by atoms with E-state index in [4.69, 9.17) is 4.42 Å². The van der Waals surface area contributed by atoms with E-state index in [2.05, 4.69) is 14.9 Å². The quantitative estimate of drug-likeness (QED) is 0.786. The molecule has 0 bridgehead atoms. The molecule has 2 aliphatic heterocycles. The Hall–Kier alpha value is -2.90. The highest BCUT2D eigenvalue weighted by molar-refractivity contribution is 5.92. The van der Waals surface area contributed by atoms with Crippen LogP contribution in [0.1, 0.15) is 29.2 Å². The molecule has 2 fully saturated rings. The average Bonchev–Trinajstić information content (AvgIpc) is 3.26. The molecule has 29 heavy (non-hydrogen) atoms. The minimum atomic E-state index is -0.545. The van der Waals surface area contributed by atoms with Crippen LogP contribution in [0.3, 0.4) is 0 Å². The summed E-state index contributed by atoms with van der Waals surface area (Å²) in [5, 5.41) is 0. The number of likely N-dealkylation sites (tertiary alicyclic amines) is 1. The van der Waals surface area contributed by atoms with E-state index in [-0.39, 0.29) is 17.7 Å². The maximum atomic E-state index is 13.3. The number of hydrogen-bond acceptors (Lipinski definition) is 6. The first-order valence-electron chi connectivity index (χ1n) is 10.00. The van der Waals surface area contributed by atoms with Crippen molar-refractivity contribution >= 4 is 17.8 Å². The fraction of sp³-hybridized carbons (Fsp3) is 0.524. The Morgan fingerprint density at radius 2 is 1.97 bits per heavy atom. The number of aromatic nitrogens is 2. The summed E-state index contributed by atoms with van der Waals surface area (Å²) in [6.45, 7) is 4.18. The summed E-state index contributed by atoms with van der Waals surface area (Å²) in [4.78, 5) is 40.7. The highest BCUT2D eigenvalue weighted by Crippen LogP contribution is 2.44. The van der Waals surface area contributed by atoms with Crippen LogP contribution in [0.4, 0.5) is 5.95 Å². The first-order chi connectivity index (χ1) is 13.9. The van der Waals surface area contributed by atoms with Crippen molar-refractivity contribution in [3.8, 4) is 0 Å². The molecule has 0 saturated carbocycles. The molecule has 154 valence electrons. The Bertz CT molecular complexity index is 897. The highest BCUT2D eigenvalue weighted by atomic mass is 16.3. The van der Waals surface area contributed by atoms with Gasteiger partial charge in [-0.3, -0.25) is 9.59 Å². The molecule has 8 nitrogen and oxygen atoms in total. The summed E-state index contributed by atoms with van der Waals surface area (Å²) in [5.41, 5.74) is -0.545. The summed E-state index contributed by atoms with van der Waals surface area (Å²) >= 11 is 0. The van der Waals surface area contributed by atoms with Gasteiger partial charge in [-0.1, -0.05) is 0 Å². The standard InChI is InChI=1S/C21H27N5O3/c1-15-6-7-17(29-15)18(27)25-11-4-8-21(19(28)24(2)3)14-26(13-16(21)12-25)20-22-9-5-10-23-20/h5-7,9-10,16H,4,8,11-14H2,1-3H3/t16-,21-/m0/s1. The molecule has 2 aromatic heterocycles. The SMILES string of the molecule is Cc1ccc(C(=O)N2CCC[C@]3(C(=O)N(C)C)CN(c4ncccn4)C[C@@H]3C2)o1. The van der Waals surface area contributed by atoms with Gasteiger partial charge in [0, 0.05) is 58.6 Å².